The summed E-state index contributed by atoms with van der Waals surface area (Å²) in [6, 6.07) is 8.22. The van der Waals surface area contributed by atoms with Gasteiger partial charge in [-0.25, -0.2) is 4.79 Å². The number of nitrogens with one attached hydrogen (secondary N) is 1. The van der Waals surface area contributed by atoms with Crippen LogP contribution in [0.25, 0.3) is 17.1 Å². The third-order valence-corrected chi connectivity index (χ3v) is 7.25. The molecule has 0 aliphatic heterocycles. The Hall–Kier alpha value is -3.96. The van der Waals surface area contributed by atoms with Crippen LogP contribution in [0.1, 0.15) is 56.7 Å². The van der Waals surface area contributed by atoms with Gasteiger partial charge in [0.15, 0.2) is 5.65 Å². The number of benzene rings is 1. The number of halogens is 1. The van der Waals surface area contributed by atoms with E-state index in [0.717, 1.165) is 40.6 Å². The molecule has 2 aromatic heterocycles. The Kier molecular flexibility index (Phi) is 5.96. The molecule has 1 N–H and O–H groups in total. The summed E-state index contributed by atoms with van der Waals surface area (Å²) in [4.78, 5) is 22.3. The number of hydrogen-bond donors (Lipinski definition) is 1. The highest BCUT2D eigenvalue weighted by atomic mass is 79.9. The van der Waals surface area contributed by atoms with Gasteiger partial charge in [0.2, 0.25) is 11.8 Å². The number of nitrogens with zero attached hydrogens (tertiary/aromatic N) is 6. The fraction of sp³-hybridized carbons (Fsp3) is 0.407. The van der Waals surface area contributed by atoms with E-state index in [0.29, 0.717) is 15.7 Å². The molecule has 0 amide bonds. The lowest BCUT2D eigenvalue weighted by Crippen LogP contribution is -2.70. The summed E-state index contributed by atoms with van der Waals surface area (Å²) in [6.07, 6.45) is 4.63. The van der Waals surface area contributed by atoms with E-state index in [9.17, 15) is 10.1 Å². The third-order valence-electron chi connectivity index (χ3n) is 6.69. The van der Waals surface area contributed by atoms with E-state index in [4.69, 9.17) is 14.7 Å². The molecule has 3 aliphatic carbocycles. The van der Waals surface area contributed by atoms with Gasteiger partial charge in [0, 0.05) is 11.6 Å². The number of ether oxygens (including phenoxy) is 2. The number of fused-ring (bicyclic) bond motifs is 1. The standard InChI is InChI=1S/C27H26BrN7O3/c1-15-9-17(7-6-8-29)10-16(2)19(15)37-22-18-20(28)34-35(24(36)38-25(3,4)5)21(18)31-23(32-22)33-27-11-26(12-27,13-27)14-30/h6-7,9-10H,11-13H2,1-5H3,(H,31,32,33)/b7-6+. The molecule has 3 saturated carbocycles. The number of aromatic nitrogens is 4. The van der Waals surface area contributed by atoms with Crippen molar-refractivity contribution in [2.75, 3.05) is 5.32 Å². The fourth-order valence-electron chi connectivity index (χ4n) is 5.26. The summed E-state index contributed by atoms with van der Waals surface area (Å²) in [5, 5.41) is 26.4. The molecule has 3 aliphatic rings. The van der Waals surface area contributed by atoms with Crippen molar-refractivity contribution in [3.63, 3.8) is 0 Å². The summed E-state index contributed by atoms with van der Waals surface area (Å²) in [5.74, 6) is 1.09. The van der Waals surface area contributed by atoms with E-state index in [1.54, 1.807) is 26.8 Å². The van der Waals surface area contributed by atoms with Gasteiger partial charge in [-0.3, -0.25) is 0 Å². The first-order chi connectivity index (χ1) is 17.9. The van der Waals surface area contributed by atoms with Gasteiger partial charge < -0.3 is 14.8 Å². The van der Waals surface area contributed by atoms with Gasteiger partial charge in [-0.1, -0.05) is 0 Å². The molecule has 10 nitrogen and oxygen atoms in total. The zero-order chi connectivity index (χ0) is 27.5. The van der Waals surface area contributed by atoms with E-state index in [1.165, 1.54) is 6.08 Å². The maximum atomic E-state index is 13.0. The molecule has 0 spiro atoms. The Bertz CT molecular complexity index is 1560. The van der Waals surface area contributed by atoms with Crippen LogP contribution in [0.15, 0.2) is 22.8 Å². The van der Waals surface area contributed by atoms with Crippen LogP contribution in [0.5, 0.6) is 11.6 Å². The van der Waals surface area contributed by atoms with E-state index in [-0.39, 0.29) is 28.4 Å². The summed E-state index contributed by atoms with van der Waals surface area (Å²) in [6.45, 7) is 9.14. The number of carbonyl (C=O) groups is 1. The van der Waals surface area contributed by atoms with E-state index < -0.39 is 11.7 Å². The summed E-state index contributed by atoms with van der Waals surface area (Å²) in [5.41, 5.74) is 1.55. The van der Waals surface area contributed by atoms with Crippen molar-refractivity contribution in [2.24, 2.45) is 5.41 Å². The number of allylic oxidation sites excluding steroid dienone is 1. The number of carbonyl (C=O) groups excluding carboxylic acids is 1. The van der Waals surface area contributed by atoms with Crippen LogP contribution in [0.2, 0.25) is 0 Å². The molecule has 0 saturated heterocycles. The molecule has 0 atom stereocenters. The van der Waals surface area contributed by atoms with Crippen molar-refractivity contribution in [3.8, 4) is 23.8 Å². The van der Waals surface area contributed by atoms with Crippen LogP contribution in [0.3, 0.4) is 0 Å². The number of rotatable bonds is 5. The van der Waals surface area contributed by atoms with Crippen molar-refractivity contribution >= 4 is 45.1 Å². The lowest BCUT2D eigenvalue weighted by Gasteiger charge is -2.66. The van der Waals surface area contributed by atoms with Gasteiger partial charge in [0.1, 0.15) is 21.3 Å². The maximum absolute atomic E-state index is 13.0. The molecule has 2 bridgehead atoms. The number of anilines is 1. The van der Waals surface area contributed by atoms with Gasteiger partial charge in [-0.2, -0.15) is 25.6 Å². The molecule has 2 heterocycles. The van der Waals surface area contributed by atoms with Crippen LogP contribution in [-0.4, -0.2) is 37.0 Å². The van der Waals surface area contributed by atoms with Crippen LogP contribution < -0.4 is 10.1 Å². The zero-order valence-electron chi connectivity index (χ0n) is 21.7. The minimum Gasteiger partial charge on any atom is -0.442 e. The van der Waals surface area contributed by atoms with Gasteiger partial charge in [-0.05, 0) is 105 Å². The SMILES string of the molecule is Cc1cc(/C=C/C#N)cc(C)c1Oc1nc(NC23CC(C#N)(C2)C3)nc2c1c(Br)nn2C(=O)OC(C)(C)C. The van der Waals surface area contributed by atoms with Gasteiger partial charge in [0.05, 0.1) is 17.6 Å². The van der Waals surface area contributed by atoms with Crippen molar-refractivity contribution in [2.45, 2.75) is 65.0 Å². The second kappa shape index (κ2) is 8.81. The van der Waals surface area contributed by atoms with Gasteiger partial charge in [0.25, 0.3) is 0 Å². The lowest BCUT2D eigenvalue weighted by atomic mass is 9.40. The summed E-state index contributed by atoms with van der Waals surface area (Å²) < 4.78 is 13.4. The Balaban J connectivity index is 1.59. The molecule has 11 heteroatoms. The second-order valence-corrected chi connectivity index (χ2v) is 11.9. The highest BCUT2D eigenvalue weighted by molar-refractivity contribution is 9.10. The van der Waals surface area contributed by atoms with Crippen molar-refractivity contribution < 1.29 is 14.3 Å². The monoisotopic (exact) mass is 575 g/mol. The largest absolute Gasteiger partial charge is 0.442 e. The molecular weight excluding hydrogens is 550 g/mol. The van der Waals surface area contributed by atoms with Crippen LogP contribution in [0.4, 0.5) is 10.7 Å². The van der Waals surface area contributed by atoms with E-state index in [1.807, 2.05) is 32.0 Å². The Morgan fingerprint density at radius 3 is 2.42 bits per heavy atom. The zero-order valence-corrected chi connectivity index (χ0v) is 23.3. The summed E-state index contributed by atoms with van der Waals surface area (Å²) >= 11 is 3.45. The highest BCUT2D eigenvalue weighted by Crippen LogP contribution is 2.67. The number of hydrogen-bond acceptors (Lipinski definition) is 9. The Morgan fingerprint density at radius 2 is 1.84 bits per heavy atom. The molecule has 0 unspecified atom stereocenters. The molecule has 194 valence electrons. The first kappa shape index (κ1) is 25.7. The van der Waals surface area contributed by atoms with E-state index >= 15 is 0 Å². The first-order valence-electron chi connectivity index (χ1n) is 12.1. The fourth-order valence-corrected chi connectivity index (χ4v) is 5.76. The van der Waals surface area contributed by atoms with Crippen LogP contribution >= 0.6 is 15.9 Å². The van der Waals surface area contributed by atoms with E-state index in [2.05, 4.69) is 42.4 Å². The van der Waals surface area contributed by atoms with Crippen molar-refractivity contribution in [1.82, 2.24) is 19.7 Å². The Morgan fingerprint density at radius 1 is 1.18 bits per heavy atom. The van der Waals surface area contributed by atoms with Crippen molar-refractivity contribution in [3.05, 3.63) is 39.5 Å². The van der Waals surface area contributed by atoms with Gasteiger partial charge in [-0.15, -0.1) is 4.68 Å². The topological polar surface area (TPSA) is 139 Å². The van der Waals surface area contributed by atoms with Crippen molar-refractivity contribution in [1.29, 1.82) is 10.5 Å². The smallest absolute Gasteiger partial charge is 0.437 e. The average molecular weight is 576 g/mol. The minimum absolute atomic E-state index is 0.215. The minimum atomic E-state index is -0.733. The molecule has 0 radical (unpaired) electrons. The highest BCUT2D eigenvalue weighted by Gasteiger charge is 2.69. The molecule has 3 aromatic rings. The molecule has 38 heavy (non-hydrogen) atoms. The summed E-state index contributed by atoms with van der Waals surface area (Å²) in [7, 11) is 0. The first-order valence-corrected chi connectivity index (χ1v) is 12.9. The molecule has 6 rings (SSSR count). The quantitative estimate of drug-likeness (QED) is 0.353. The normalized spacial score (nSPS) is 21.8. The van der Waals surface area contributed by atoms with Crippen LogP contribution in [-0.2, 0) is 4.74 Å². The third kappa shape index (κ3) is 4.48. The number of nitriles is 2. The number of aryl methyl sites for hydroxylation is 2. The van der Waals surface area contributed by atoms with Gasteiger partial charge >= 0.3 is 6.09 Å². The molecular formula is C27H26BrN7O3. The maximum Gasteiger partial charge on any atom is 0.437 e. The predicted molar refractivity (Wildman–Crippen MR) is 144 cm³/mol. The Labute approximate surface area is 228 Å². The second-order valence-electron chi connectivity index (χ2n) is 11.1. The molecule has 3 fully saturated rings. The predicted octanol–water partition coefficient (Wildman–Crippen LogP) is 6.18. The van der Waals surface area contributed by atoms with Crippen LogP contribution in [0, 0.1) is 41.9 Å². The average Bonchev–Trinajstić information content (AvgIpc) is 3.11. The molecule has 1 aromatic carbocycles. The lowest BCUT2D eigenvalue weighted by molar-refractivity contribution is -0.0665.